The van der Waals surface area contributed by atoms with Crippen molar-refractivity contribution in [3.05, 3.63) is 128 Å². The number of halogens is 1. The molecular formula is C28H17BrN2O7. The Labute approximate surface area is 224 Å². The molecule has 0 atom stereocenters. The summed E-state index contributed by atoms with van der Waals surface area (Å²) in [6.07, 6.45) is 0. The van der Waals surface area contributed by atoms with Crippen LogP contribution in [0.2, 0.25) is 0 Å². The fraction of sp³-hybridized carbons (Fsp3) is 0.0357. The van der Waals surface area contributed by atoms with Gasteiger partial charge >= 0.3 is 5.97 Å². The Morgan fingerprint density at radius 2 is 1.45 bits per heavy atom. The predicted octanol–water partition coefficient (Wildman–Crippen LogP) is 6.31. The summed E-state index contributed by atoms with van der Waals surface area (Å²) in [5.74, 6) is -0.599. The first-order valence-corrected chi connectivity index (χ1v) is 12.1. The van der Waals surface area contributed by atoms with Gasteiger partial charge in [0.05, 0.1) is 27.3 Å². The molecule has 0 aliphatic carbocycles. The Balaban J connectivity index is 1.26. The largest absolute Gasteiger partial charge is 0.457 e. The lowest BCUT2D eigenvalue weighted by atomic mass is 10.1. The molecule has 9 nitrogen and oxygen atoms in total. The molecule has 2 amide bonds. The van der Waals surface area contributed by atoms with Crippen molar-refractivity contribution in [3.63, 3.8) is 0 Å². The summed E-state index contributed by atoms with van der Waals surface area (Å²) in [4.78, 5) is 49.8. The normalized spacial score (nSPS) is 12.3. The number of esters is 1. The van der Waals surface area contributed by atoms with Gasteiger partial charge in [-0.2, -0.15) is 0 Å². The van der Waals surface area contributed by atoms with Crippen LogP contribution >= 0.6 is 15.9 Å². The van der Waals surface area contributed by atoms with E-state index in [0.29, 0.717) is 22.7 Å². The summed E-state index contributed by atoms with van der Waals surface area (Å²) in [6, 6.07) is 23.5. The highest BCUT2D eigenvalue weighted by molar-refractivity contribution is 9.10. The number of hydrogen-bond donors (Lipinski definition) is 0. The molecule has 4 aromatic rings. The van der Waals surface area contributed by atoms with Crippen molar-refractivity contribution in [1.29, 1.82) is 0 Å². The van der Waals surface area contributed by atoms with Crippen LogP contribution in [0.5, 0.6) is 11.5 Å². The average molecular weight is 573 g/mol. The lowest BCUT2D eigenvalue weighted by Crippen LogP contribution is -2.29. The Kier molecular flexibility index (Phi) is 6.71. The third-order valence-corrected chi connectivity index (χ3v) is 6.31. The number of carbonyl (C=O) groups is 3. The van der Waals surface area contributed by atoms with Gasteiger partial charge in [0, 0.05) is 16.6 Å². The maximum absolute atomic E-state index is 13.1. The first-order chi connectivity index (χ1) is 18.3. The van der Waals surface area contributed by atoms with Crippen LogP contribution in [-0.4, -0.2) is 22.7 Å². The van der Waals surface area contributed by atoms with Crippen LogP contribution in [0.1, 0.15) is 36.6 Å². The van der Waals surface area contributed by atoms with E-state index in [2.05, 4.69) is 15.9 Å². The molecule has 0 radical (unpaired) electrons. The maximum atomic E-state index is 13.1. The number of nitrogens with zero attached hydrogens (tertiary/aromatic N) is 2. The number of ether oxygens (including phenoxy) is 2. The second-order valence-electron chi connectivity index (χ2n) is 8.26. The topological polar surface area (TPSA) is 116 Å². The molecule has 0 spiro atoms. The molecule has 0 bridgehead atoms. The average Bonchev–Trinajstić information content (AvgIpc) is 3.17. The van der Waals surface area contributed by atoms with Crippen LogP contribution in [-0.2, 0) is 11.3 Å². The number of nitro benzene ring substituents is 1. The minimum atomic E-state index is -0.619. The van der Waals surface area contributed by atoms with E-state index in [0.717, 1.165) is 9.37 Å². The van der Waals surface area contributed by atoms with Crippen LogP contribution < -0.4 is 9.64 Å². The summed E-state index contributed by atoms with van der Waals surface area (Å²) in [7, 11) is 0. The third-order valence-electron chi connectivity index (χ3n) is 5.79. The number of rotatable bonds is 7. The van der Waals surface area contributed by atoms with Gasteiger partial charge in [0.25, 0.3) is 17.5 Å². The van der Waals surface area contributed by atoms with Crippen LogP contribution in [0.4, 0.5) is 11.4 Å². The van der Waals surface area contributed by atoms with E-state index in [1.165, 1.54) is 54.6 Å². The van der Waals surface area contributed by atoms with Crippen LogP contribution in [0.3, 0.4) is 0 Å². The first kappa shape index (κ1) is 24.8. The highest BCUT2D eigenvalue weighted by atomic mass is 79.9. The van der Waals surface area contributed by atoms with Gasteiger partial charge in [-0.15, -0.1) is 0 Å². The number of benzene rings is 4. The zero-order valence-corrected chi connectivity index (χ0v) is 21.1. The van der Waals surface area contributed by atoms with Gasteiger partial charge in [-0.25, -0.2) is 9.69 Å². The van der Waals surface area contributed by atoms with Crippen molar-refractivity contribution in [2.75, 3.05) is 4.90 Å². The molecule has 1 aliphatic heterocycles. The summed E-state index contributed by atoms with van der Waals surface area (Å²) in [6.45, 7) is -0.0678. The molecule has 1 heterocycles. The van der Waals surface area contributed by atoms with Crippen molar-refractivity contribution >= 4 is 45.1 Å². The zero-order valence-electron chi connectivity index (χ0n) is 19.5. The highest BCUT2D eigenvalue weighted by Crippen LogP contribution is 2.33. The van der Waals surface area contributed by atoms with Crippen molar-refractivity contribution < 1.29 is 28.8 Å². The van der Waals surface area contributed by atoms with E-state index in [-0.39, 0.29) is 29.0 Å². The van der Waals surface area contributed by atoms with Gasteiger partial charge in [0.15, 0.2) is 0 Å². The summed E-state index contributed by atoms with van der Waals surface area (Å²) >= 11 is 3.36. The fourth-order valence-corrected chi connectivity index (χ4v) is 4.11. The van der Waals surface area contributed by atoms with Gasteiger partial charge in [-0.1, -0.05) is 15.9 Å². The number of carbonyl (C=O) groups excluding carboxylic acids is 3. The molecule has 0 fully saturated rings. The van der Waals surface area contributed by atoms with Crippen molar-refractivity contribution in [2.45, 2.75) is 6.61 Å². The van der Waals surface area contributed by atoms with Crippen molar-refractivity contribution in [3.8, 4) is 11.5 Å². The molecule has 0 aromatic heterocycles. The molecule has 0 N–H and O–H groups in total. The Bertz CT molecular complexity index is 1570. The number of hydrogen-bond acceptors (Lipinski definition) is 7. The lowest BCUT2D eigenvalue weighted by Gasteiger charge is -2.14. The van der Waals surface area contributed by atoms with Gasteiger partial charge in [0.2, 0.25) is 0 Å². The second kappa shape index (κ2) is 10.3. The van der Waals surface area contributed by atoms with E-state index >= 15 is 0 Å². The smallest absolute Gasteiger partial charge is 0.338 e. The van der Waals surface area contributed by atoms with E-state index in [4.69, 9.17) is 9.47 Å². The lowest BCUT2D eigenvalue weighted by molar-refractivity contribution is -0.384. The number of imide groups is 1. The Morgan fingerprint density at radius 1 is 0.816 bits per heavy atom. The second-order valence-corrected chi connectivity index (χ2v) is 9.17. The van der Waals surface area contributed by atoms with Crippen LogP contribution in [0.15, 0.2) is 95.5 Å². The monoisotopic (exact) mass is 572 g/mol. The minimum absolute atomic E-state index is 0.0582. The molecule has 0 unspecified atom stereocenters. The Morgan fingerprint density at radius 3 is 2.11 bits per heavy atom. The zero-order chi connectivity index (χ0) is 26.8. The minimum Gasteiger partial charge on any atom is -0.457 e. The maximum Gasteiger partial charge on any atom is 0.338 e. The van der Waals surface area contributed by atoms with Gasteiger partial charge in [-0.3, -0.25) is 19.7 Å². The number of anilines is 1. The van der Waals surface area contributed by atoms with Crippen LogP contribution in [0.25, 0.3) is 0 Å². The fourth-order valence-electron chi connectivity index (χ4n) is 3.85. The van der Waals surface area contributed by atoms with E-state index in [1.807, 2.05) is 12.1 Å². The molecule has 0 saturated heterocycles. The third kappa shape index (κ3) is 5.02. The van der Waals surface area contributed by atoms with E-state index in [9.17, 15) is 24.5 Å². The van der Waals surface area contributed by atoms with Crippen molar-refractivity contribution in [2.24, 2.45) is 0 Å². The summed E-state index contributed by atoms with van der Waals surface area (Å²) in [5.41, 5.74) is 1.53. The molecule has 10 heteroatoms. The Hall–Kier alpha value is -4.83. The van der Waals surface area contributed by atoms with Gasteiger partial charge in [-0.05, 0) is 84.4 Å². The SMILES string of the molecule is O=C(OCc1ccc([N+](=O)[O-])cc1)c1ccc(N2C(=O)c3ccc(Oc4ccc(Br)cc4)cc3C2=O)cc1. The van der Waals surface area contributed by atoms with E-state index < -0.39 is 22.7 Å². The highest BCUT2D eigenvalue weighted by Gasteiger charge is 2.37. The molecular weight excluding hydrogens is 556 g/mol. The molecule has 5 rings (SSSR count). The number of nitro groups is 1. The summed E-state index contributed by atoms with van der Waals surface area (Å²) < 4.78 is 12.0. The van der Waals surface area contributed by atoms with E-state index in [1.54, 1.807) is 24.3 Å². The molecule has 38 heavy (non-hydrogen) atoms. The molecule has 188 valence electrons. The number of non-ortho nitro benzene ring substituents is 1. The number of amides is 2. The molecule has 0 saturated carbocycles. The van der Waals surface area contributed by atoms with Crippen LogP contribution in [0, 0.1) is 10.1 Å². The quantitative estimate of drug-likeness (QED) is 0.110. The molecule has 1 aliphatic rings. The first-order valence-electron chi connectivity index (χ1n) is 11.3. The van der Waals surface area contributed by atoms with Gasteiger partial charge < -0.3 is 9.47 Å². The standard InChI is InChI=1S/C28H17BrN2O7/c29-19-5-11-22(12-6-19)38-23-13-14-24-25(15-23)27(33)30(26(24)32)20-9-3-18(4-10-20)28(34)37-16-17-1-7-21(8-2-17)31(35)36/h1-15H,16H2. The summed E-state index contributed by atoms with van der Waals surface area (Å²) in [5, 5.41) is 10.8. The number of fused-ring (bicyclic) bond motifs is 1. The van der Waals surface area contributed by atoms with Gasteiger partial charge in [0.1, 0.15) is 18.1 Å². The molecule has 4 aromatic carbocycles. The predicted molar refractivity (Wildman–Crippen MR) is 140 cm³/mol. The van der Waals surface area contributed by atoms with Crippen molar-refractivity contribution in [1.82, 2.24) is 0 Å².